The molecule has 0 unspecified atom stereocenters. The Morgan fingerprint density at radius 3 is 2.41 bits per heavy atom. The molecule has 0 fully saturated rings. The molecule has 0 spiro atoms. The molecule has 0 radical (unpaired) electrons. The number of benzene rings is 2. The van der Waals surface area contributed by atoms with Gasteiger partial charge in [-0.3, -0.25) is 0 Å². The number of nitrogens with two attached hydrogens (primary N) is 1. The maximum absolute atomic E-state index is 11.3. The highest BCUT2D eigenvalue weighted by Gasteiger charge is 2.08. The molecule has 0 atom stereocenters. The van der Waals surface area contributed by atoms with Crippen LogP contribution in [0.5, 0.6) is 0 Å². The van der Waals surface area contributed by atoms with E-state index in [0.29, 0.717) is 12.5 Å². The first-order valence-corrected chi connectivity index (χ1v) is 9.95. The van der Waals surface area contributed by atoms with Gasteiger partial charge >= 0.3 is 0 Å². The molecule has 27 heavy (non-hydrogen) atoms. The standard InChI is InChI=1S/C19H21N5O2S/c1-24(16-5-3-2-4-6-16)19-22-14-12-18(23-19)21-13-11-15-7-9-17(10-8-15)27(20,25)26/h2-10,12,14H,11,13H2,1H3,(H2,20,25,26)(H,21,22,23). The third kappa shape index (κ3) is 5.02. The molecule has 3 aromatic rings. The lowest BCUT2D eigenvalue weighted by atomic mass is 10.1. The van der Waals surface area contributed by atoms with E-state index in [1.807, 2.05) is 48.3 Å². The number of anilines is 3. The number of hydrogen-bond acceptors (Lipinski definition) is 6. The molecule has 3 rings (SSSR count). The molecule has 1 heterocycles. The summed E-state index contributed by atoms with van der Waals surface area (Å²) in [5.41, 5.74) is 2.01. The first kappa shape index (κ1) is 18.8. The van der Waals surface area contributed by atoms with Crippen molar-refractivity contribution < 1.29 is 8.42 Å². The maximum Gasteiger partial charge on any atom is 0.238 e. The molecule has 1 aromatic heterocycles. The zero-order valence-corrected chi connectivity index (χ0v) is 15.7. The minimum atomic E-state index is -3.66. The van der Waals surface area contributed by atoms with Crippen molar-refractivity contribution in [3.63, 3.8) is 0 Å². The van der Waals surface area contributed by atoms with Gasteiger partial charge in [-0.05, 0) is 42.3 Å². The Bertz CT molecular complexity index is 992. The van der Waals surface area contributed by atoms with Crippen LogP contribution in [0, 0.1) is 0 Å². The van der Waals surface area contributed by atoms with E-state index < -0.39 is 10.0 Å². The van der Waals surface area contributed by atoms with Crippen molar-refractivity contribution in [1.82, 2.24) is 9.97 Å². The topological polar surface area (TPSA) is 101 Å². The second-order valence-electron chi connectivity index (χ2n) is 6.00. The summed E-state index contributed by atoms with van der Waals surface area (Å²) >= 11 is 0. The van der Waals surface area contributed by atoms with E-state index in [0.717, 1.165) is 23.5 Å². The molecule has 0 bridgehead atoms. The van der Waals surface area contributed by atoms with Gasteiger partial charge < -0.3 is 10.2 Å². The Morgan fingerprint density at radius 1 is 1.04 bits per heavy atom. The van der Waals surface area contributed by atoms with Crippen molar-refractivity contribution >= 4 is 27.5 Å². The van der Waals surface area contributed by atoms with Crippen LogP contribution in [0.1, 0.15) is 5.56 Å². The van der Waals surface area contributed by atoms with Gasteiger partial charge in [0, 0.05) is 25.5 Å². The largest absolute Gasteiger partial charge is 0.370 e. The predicted molar refractivity (Wildman–Crippen MR) is 107 cm³/mol. The molecule has 0 aliphatic heterocycles. The molecule has 0 aliphatic rings. The summed E-state index contributed by atoms with van der Waals surface area (Å²) in [6.45, 7) is 0.653. The fourth-order valence-electron chi connectivity index (χ4n) is 2.56. The third-order valence-corrected chi connectivity index (χ3v) is 4.99. The quantitative estimate of drug-likeness (QED) is 0.650. The van der Waals surface area contributed by atoms with Crippen molar-refractivity contribution in [2.45, 2.75) is 11.3 Å². The Morgan fingerprint density at radius 2 is 1.74 bits per heavy atom. The Hall–Kier alpha value is -2.97. The molecule has 0 aliphatic carbocycles. The molecule has 0 saturated carbocycles. The van der Waals surface area contributed by atoms with Crippen LogP contribution in [0.15, 0.2) is 71.8 Å². The molecular formula is C19H21N5O2S. The van der Waals surface area contributed by atoms with Crippen LogP contribution >= 0.6 is 0 Å². The van der Waals surface area contributed by atoms with Crippen LogP contribution in [0.4, 0.5) is 17.5 Å². The maximum atomic E-state index is 11.3. The van der Waals surface area contributed by atoms with Gasteiger partial charge in [0.1, 0.15) is 5.82 Å². The zero-order valence-electron chi connectivity index (χ0n) is 14.9. The summed E-state index contributed by atoms with van der Waals surface area (Å²) in [6.07, 6.45) is 2.43. The van der Waals surface area contributed by atoms with Gasteiger partial charge in [-0.1, -0.05) is 30.3 Å². The van der Waals surface area contributed by atoms with Crippen molar-refractivity contribution in [3.8, 4) is 0 Å². The lowest BCUT2D eigenvalue weighted by Gasteiger charge is -2.17. The Balaban J connectivity index is 1.60. The molecular weight excluding hydrogens is 362 g/mol. The molecule has 7 nitrogen and oxygen atoms in total. The van der Waals surface area contributed by atoms with Gasteiger partial charge in [0.25, 0.3) is 0 Å². The van der Waals surface area contributed by atoms with Crippen LogP contribution in [-0.4, -0.2) is 32.0 Å². The molecule has 0 amide bonds. The average Bonchev–Trinajstić information content (AvgIpc) is 2.68. The smallest absolute Gasteiger partial charge is 0.238 e. The summed E-state index contributed by atoms with van der Waals surface area (Å²) in [5, 5.41) is 8.37. The summed E-state index contributed by atoms with van der Waals surface area (Å²) in [6, 6.07) is 18.3. The van der Waals surface area contributed by atoms with Crippen LogP contribution < -0.4 is 15.4 Å². The molecule has 0 saturated heterocycles. The van der Waals surface area contributed by atoms with Crippen molar-refractivity contribution in [1.29, 1.82) is 0 Å². The van der Waals surface area contributed by atoms with Gasteiger partial charge in [-0.25, -0.2) is 18.5 Å². The van der Waals surface area contributed by atoms with E-state index in [2.05, 4.69) is 15.3 Å². The summed E-state index contributed by atoms with van der Waals surface area (Å²) < 4.78 is 22.6. The first-order chi connectivity index (χ1) is 12.9. The first-order valence-electron chi connectivity index (χ1n) is 8.41. The van der Waals surface area contributed by atoms with Gasteiger partial charge in [0.15, 0.2) is 0 Å². The highest BCUT2D eigenvalue weighted by Crippen LogP contribution is 2.20. The fraction of sp³-hybridized carbons (Fsp3) is 0.158. The van der Waals surface area contributed by atoms with Gasteiger partial charge in [-0.2, -0.15) is 4.98 Å². The average molecular weight is 383 g/mol. The Kier molecular flexibility index (Phi) is 5.68. The normalized spacial score (nSPS) is 11.2. The number of nitrogens with one attached hydrogen (secondary N) is 1. The van der Waals surface area contributed by atoms with Crippen LogP contribution in [0.25, 0.3) is 0 Å². The van der Waals surface area contributed by atoms with Gasteiger partial charge in [0.2, 0.25) is 16.0 Å². The second kappa shape index (κ2) is 8.15. The fourth-order valence-corrected chi connectivity index (χ4v) is 3.07. The third-order valence-electron chi connectivity index (χ3n) is 4.06. The van der Waals surface area contributed by atoms with E-state index in [-0.39, 0.29) is 4.90 Å². The molecule has 3 N–H and O–H groups in total. The number of para-hydroxylation sites is 1. The van der Waals surface area contributed by atoms with Crippen LogP contribution in [-0.2, 0) is 16.4 Å². The lowest BCUT2D eigenvalue weighted by molar-refractivity contribution is 0.598. The van der Waals surface area contributed by atoms with E-state index in [1.165, 1.54) is 12.1 Å². The lowest BCUT2D eigenvalue weighted by Crippen LogP contribution is -2.14. The minimum Gasteiger partial charge on any atom is -0.370 e. The van der Waals surface area contributed by atoms with Crippen molar-refractivity contribution in [3.05, 3.63) is 72.4 Å². The SMILES string of the molecule is CN(c1ccccc1)c1nccc(NCCc2ccc(S(N)(=O)=O)cc2)n1. The predicted octanol–water partition coefficient (Wildman–Crippen LogP) is 2.55. The van der Waals surface area contributed by atoms with Crippen molar-refractivity contribution in [2.24, 2.45) is 5.14 Å². The minimum absolute atomic E-state index is 0.114. The van der Waals surface area contributed by atoms with E-state index in [1.54, 1.807) is 18.3 Å². The monoisotopic (exact) mass is 383 g/mol. The van der Waals surface area contributed by atoms with E-state index in [9.17, 15) is 8.42 Å². The van der Waals surface area contributed by atoms with Gasteiger partial charge in [0.05, 0.1) is 4.90 Å². The number of aromatic nitrogens is 2. The van der Waals surface area contributed by atoms with Crippen molar-refractivity contribution in [2.75, 3.05) is 23.8 Å². The summed E-state index contributed by atoms with van der Waals surface area (Å²) in [4.78, 5) is 10.9. The number of sulfonamides is 1. The molecule has 8 heteroatoms. The van der Waals surface area contributed by atoms with Crippen LogP contribution in [0.3, 0.4) is 0 Å². The second-order valence-corrected chi connectivity index (χ2v) is 7.56. The van der Waals surface area contributed by atoms with E-state index >= 15 is 0 Å². The molecule has 140 valence electrons. The summed E-state index contributed by atoms with van der Waals surface area (Å²) in [7, 11) is -1.74. The van der Waals surface area contributed by atoms with E-state index in [4.69, 9.17) is 5.14 Å². The highest BCUT2D eigenvalue weighted by molar-refractivity contribution is 7.89. The highest BCUT2D eigenvalue weighted by atomic mass is 32.2. The number of hydrogen-bond donors (Lipinski definition) is 2. The van der Waals surface area contributed by atoms with Gasteiger partial charge in [-0.15, -0.1) is 0 Å². The summed E-state index contributed by atoms with van der Waals surface area (Å²) in [5.74, 6) is 1.33. The number of primary sulfonamides is 1. The Labute approximate surface area is 158 Å². The number of rotatable bonds is 7. The zero-order chi connectivity index (χ0) is 19.3. The molecule has 2 aromatic carbocycles. The number of nitrogens with zero attached hydrogens (tertiary/aromatic N) is 3. The van der Waals surface area contributed by atoms with Crippen LogP contribution in [0.2, 0.25) is 0 Å².